The quantitative estimate of drug-likeness (QED) is 0.703. The van der Waals surface area contributed by atoms with Gasteiger partial charge >= 0.3 is 0 Å². The third kappa shape index (κ3) is 4.44. The molecule has 0 saturated heterocycles. The molecule has 134 valence electrons. The Morgan fingerprint density at radius 1 is 0.727 bits per heavy atom. The molecule has 4 heteroatoms. The van der Waals surface area contributed by atoms with Gasteiger partial charge in [0.2, 0.25) is 0 Å². The Morgan fingerprint density at radius 3 is 1.23 bits per heavy atom. The van der Waals surface area contributed by atoms with Crippen LogP contribution in [0, 0.1) is 16.2 Å². The minimum Gasteiger partial charge on any atom is -0.329 e. The molecular formula is C18H42N4. The van der Waals surface area contributed by atoms with Crippen LogP contribution in [0.3, 0.4) is 0 Å². The number of hydrogen-bond donors (Lipinski definition) is 3. The van der Waals surface area contributed by atoms with Gasteiger partial charge in [0.15, 0.2) is 0 Å². The highest BCUT2D eigenvalue weighted by molar-refractivity contribution is 5.14. The zero-order chi connectivity index (χ0) is 18.0. The molecule has 0 fully saturated rings. The maximum Gasteiger partial charge on any atom is 0.0415 e. The van der Waals surface area contributed by atoms with Crippen molar-refractivity contribution in [3.8, 4) is 0 Å². The minimum absolute atomic E-state index is 0.0274. The van der Waals surface area contributed by atoms with Gasteiger partial charge in [0.25, 0.3) is 0 Å². The Bertz CT molecular complexity index is 310. The van der Waals surface area contributed by atoms with Crippen LogP contribution >= 0.6 is 0 Å². The molecule has 0 aromatic carbocycles. The second kappa shape index (κ2) is 7.16. The van der Waals surface area contributed by atoms with Gasteiger partial charge in [-0.25, -0.2) is 0 Å². The lowest BCUT2D eigenvalue weighted by atomic mass is 9.53. The van der Waals surface area contributed by atoms with Crippen LogP contribution in [-0.4, -0.2) is 42.7 Å². The smallest absolute Gasteiger partial charge is 0.0415 e. The average molecular weight is 315 g/mol. The van der Waals surface area contributed by atoms with Crippen LogP contribution in [0.2, 0.25) is 0 Å². The van der Waals surface area contributed by atoms with E-state index in [-0.39, 0.29) is 27.8 Å². The van der Waals surface area contributed by atoms with Gasteiger partial charge in [0.05, 0.1) is 0 Å². The van der Waals surface area contributed by atoms with Crippen LogP contribution in [0.1, 0.15) is 62.3 Å². The highest BCUT2D eigenvalue weighted by Crippen LogP contribution is 2.50. The Labute approximate surface area is 139 Å². The molecule has 0 spiro atoms. The Kier molecular flexibility index (Phi) is 7.11. The summed E-state index contributed by atoms with van der Waals surface area (Å²) in [5.41, 5.74) is 18.5. The Balaban J connectivity index is 6.24. The molecule has 6 N–H and O–H groups in total. The molecule has 1 unspecified atom stereocenters. The van der Waals surface area contributed by atoms with Crippen LogP contribution in [0.5, 0.6) is 0 Å². The summed E-state index contributed by atoms with van der Waals surface area (Å²) in [7, 11) is 0. The summed E-state index contributed by atoms with van der Waals surface area (Å²) in [6.07, 6.45) is 0. The zero-order valence-corrected chi connectivity index (χ0v) is 16.6. The molecular weight excluding hydrogens is 272 g/mol. The summed E-state index contributed by atoms with van der Waals surface area (Å²) < 4.78 is 0. The van der Waals surface area contributed by atoms with Gasteiger partial charge in [-0.1, -0.05) is 62.3 Å². The molecule has 0 aromatic rings. The average Bonchev–Trinajstić information content (AvgIpc) is 2.24. The summed E-state index contributed by atoms with van der Waals surface area (Å²) >= 11 is 0. The van der Waals surface area contributed by atoms with Crippen LogP contribution < -0.4 is 17.2 Å². The topological polar surface area (TPSA) is 81.3 Å². The van der Waals surface area contributed by atoms with Gasteiger partial charge < -0.3 is 17.2 Å². The van der Waals surface area contributed by atoms with Crippen LogP contribution in [0.4, 0.5) is 0 Å². The fraction of sp³-hybridized carbons (Fsp3) is 1.00. The van der Waals surface area contributed by atoms with E-state index in [4.69, 9.17) is 17.2 Å². The Hall–Kier alpha value is -0.160. The number of nitrogens with zero attached hydrogens (tertiary/aromatic N) is 1. The van der Waals surface area contributed by atoms with Gasteiger partial charge in [-0.05, 0) is 16.2 Å². The van der Waals surface area contributed by atoms with Crippen molar-refractivity contribution in [2.45, 2.75) is 73.9 Å². The van der Waals surface area contributed by atoms with E-state index < -0.39 is 0 Å². The minimum atomic E-state index is -0.386. The maximum atomic E-state index is 7.22. The largest absolute Gasteiger partial charge is 0.329 e. The third-order valence-electron chi connectivity index (χ3n) is 4.93. The summed E-state index contributed by atoms with van der Waals surface area (Å²) in [6, 6.07) is 0.187. The molecule has 0 aliphatic rings. The zero-order valence-electron chi connectivity index (χ0n) is 16.6. The van der Waals surface area contributed by atoms with Crippen LogP contribution in [0.15, 0.2) is 0 Å². The standard InChI is InChI=1S/C18H42N4/c1-15(2,3)14(22(12-10-19)13-11-20)18(21,16(4,5)6)17(7,8)9/h14H,10-13,19-21H2,1-9H3. The SMILES string of the molecule is CC(C)(C)C(N(CCN)CCN)C(N)(C(C)(C)C)C(C)(C)C. The van der Waals surface area contributed by atoms with Crippen molar-refractivity contribution in [2.24, 2.45) is 33.4 Å². The third-order valence-corrected chi connectivity index (χ3v) is 4.93. The summed E-state index contributed by atoms with van der Waals surface area (Å²) in [5.74, 6) is 0. The van der Waals surface area contributed by atoms with Gasteiger partial charge in [-0.15, -0.1) is 0 Å². The Morgan fingerprint density at radius 2 is 1.05 bits per heavy atom. The van der Waals surface area contributed by atoms with E-state index in [0.29, 0.717) is 13.1 Å². The molecule has 0 saturated carbocycles. The van der Waals surface area contributed by atoms with Crippen molar-refractivity contribution < 1.29 is 0 Å². The molecule has 0 bridgehead atoms. The predicted octanol–water partition coefficient (Wildman–Crippen LogP) is 2.41. The molecule has 1 atom stereocenters. The van der Waals surface area contributed by atoms with Crippen molar-refractivity contribution in [3.05, 3.63) is 0 Å². The molecule has 0 amide bonds. The number of nitrogens with two attached hydrogens (primary N) is 3. The van der Waals surface area contributed by atoms with Crippen molar-refractivity contribution in [1.29, 1.82) is 0 Å². The molecule has 0 aromatic heterocycles. The second-order valence-corrected chi connectivity index (χ2v) is 9.75. The first-order valence-electron chi connectivity index (χ1n) is 8.57. The lowest BCUT2D eigenvalue weighted by Gasteiger charge is -2.61. The maximum absolute atomic E-state index is 7.22. The van der Waals surface area contributed by atoms with E-state index in [9.17, 15) is 0 Å². The molecule has 0 aliphatic heterocycles. The summed E-state index contributed by atoms with van der Waals surface area (Å²) in [4.78, 5) is 2.41. The highest BCUT2D eigenvalue weighted by Gasteiger charge is 2.57. The van der Waals surface area contributed by atoms with E-state index in [1.54, 1.807) is 0 Å². The van der Waals surface area contributed by atoms with Crippen LogP contribution in [0.25, 0.3) is 0 Å². The van der Waals surface area contributed by atoms with Crippen LogP contribution in [-0.2, 0) is 0 Å². The van der Waals surface area contributed by atoms with E-state index >= 15 is 0 Å². The van der Waals surface area contributed by atoms with Crippen molar-refractivity contribution in [3.63, 3.8) is 0 Å². The van der Waals surface area contributed by atoms with E-state index in [2.05, 4.69) is 67.2 Å². The highest BCUT2D eigenvalue weighted by atomic mass is 15.2. The molecule has 0 aliphatic carbocycles. The van der Waals surface area contributed by atoms with Gasteiger partial charge in [-0.2, -0.15) is 0 Å². The van der Waals surface area contributed by atoms with E-state index in [1.807, 2.05) is 0 Å². The lowest BCUT2D eigenvalue weighted by molar-refractivity contribution is -0.0709. The molecule has 22 heavy (non-hydrogen) atoms. The normalized spacial score (nSPS) is 16.2. The fourth-order valence-corrected chi connectivity index (χ4v) is 4.17. The molecule has 0 rings (SSSR count). The van der Waals surface area contributed by atoms with Crippen molar-refractivity contribution in [1.82, 2.24) is 4.90 Å². The monoisotopic (exact) mass is 314 g/mol. The van der Waals surface area contributed by atoms with E-state index in [1.165, 1.54) is 0 Å². The van der Waals surface area contributed by atoms with Gasteiger partial charge in [0.1, 0.15) is 0 Å². The van der Waals surface area contributed by atoms with Crippen molar-refractivity contribution in [2.75, 3.05) is 26.2 Å². The molecule has 0 radical (unpaired) electrons. The number of hydrogen-bond acceptors (Lipinski definition) is 4. The first-order valence-corrected chi connectivity index (χ1v) is 8.57. The lowest BCUT2D eigenvalue weighted by Crippen LogP contribution is -2.74. The van der Waals surface area contributed by atoms with Crippen molar-refractivity contribution >= 4 is 0 Å². The summed E-state index contributed by atoms with van der Waals surface area (Å²) in [6.45, 7) is 23.2. The summed E-state index contributed by atoms with van der Waals surface area (Å²) in [5, 5.41) is 0. The van der Waals surface area contributed by atoms with Gasteiger partial charge in [0, 0.05) is 37.8 Å². The second-order valence-electron chi connectivity index (χ2n) is 9.75. The molecule has 0 heterocycles. The first-order chi connectivity index (χ1) is 9.64. The fourth-order valence-electron chi connectivity index (χ4n) is 4.17. The van der Waals surface area contributed by atoms with E-state index in [0.717, 1.165) is 13.1 Å². The number of rotatable bonds is 6. The first kappa shape index (κ1) is 21.8. The predicted molar refractivity (Wildman–Crippen MR) is 98.8 cm³/mol. The molecule has 4 nitrogen and oxygen atoms in total. The van der Waals surface area contributed by atoms with Gasteiger partial charge in [-0.3, -0.25) is 4.90 Å².